The van der Waals surface area contributed by atoms with Gasteiger partial charge < -0.3 is 4.74 Å². The molecule has 0 fully saturated rings. The molecule has 0 N–H and O–H groups in total. The Morgan fingerprint density at radius 3 is 2.42 bits per heavy atom. The third-order valence-electron chi connectivity index (χ3n) is 2.94. The van der Waals surface area contributed by atoms with E-state index in [1.54, 1.807) is 0 Å². The zero-order valence-corrected chi connectivity index (χ0v) is 13.6. The van der Waals surface area contributed by atoms with Crippen LogP contribution in [0.25, 0.3) is 0 Å². The van der Waals surface area contributed by atoms with E-state index in [1.807, 2.05) is 13.0 Å². The van der Waals surface area contributed by atoms with E-state index >= 15 is 0 Å². The molecule has 0 heterocycles. The van der Waals surface area contributed by atoms with Crippen molar-refractivity contribution in [2.24, 2.45) is 0 Å². The molecule has 106 valence electrons. The molecular formula is C16H26O2Si. The smallest absolute Gasteiger partial charge is 0.155 e. The van der Waals surface area contributed by atoms with Gasteiger partial charge in [0.15, 0.2) is 5.78 Å². The maximum atomic E-state index is 11.7. The van der Waals surface area contributed by atoms with Crippen molar-refractivity contribution >= 4 is 13.9 Å². The highest BCUT2D eigenvalue weighted by Crippen LogP contribution is 2.10. The Morgan fingerprint density at radius 1 is 1.21 bits per heavy atom. The van der Waals surface area contributed by atoms with E-state index in [0.717, 1.165) is 18.9 Å². The Morgan fingerprint density at radius 2 is 1.84 bits per heavy atom. The summed E-state index contributed by atoms with van der Waals surface area (Å²) in [5.74, 6) is 0.255. The van der Waals surface area contributed by atoms with Crippen molar-refractivity contribution < 1.29 is 9.53 Å². The molecule has 3 heteroatoms. The van der Waals surface area contributed by atoms with E-state index in [2.05, 4.69) is 43.9 Å². The second-order valence-electron chi connectivity index (χ2n) is 6.42. The first-order valence-electron chi connectivity index (χ1n) is 7.04. The van der Waals surface area contributed by atoms with Crippen LogP contribution >= 0.6 is 0 Å². The Balaban J connectivity index is 2.21. The zero-order valence-electron chi connectivity index (χ0n) is 12.6. The number of hydrogen-bond donors (Lipinski definition) is 0. The van der Waals surface area contributed by atoms with Crippen LogP contribution in [0.15, 0.2) is 30.3 Å². The van der Waals surface area contributed by atoms with Gasteiger partial charge in [0, 0.05) is 6.04 Å². The van der Waals surface area contributed by atoms with Gasteiger partial charge in [-0.15, -0.1) is 0 Å². The number of rotatable bonds is 8. The minimum Gasteiger partial charge on any atom is -0.371 e. The predicted molar refractivity (Wildman–Crippen MR) is 83.3 cm³/mol. The van der Waals surface area contributed by atoms with E-state index in [-0.39, 0.29) is 18.5 Å². The van der Waals surface area contributed by atoms with Gasteiger partial charge in [-0.2, -0.15) is 0 Å². The average Bonchev–Trinajstić information content (AvgIpc) is 2.33. The summed E-state index contributed by atoms with van der Waals surface area (Å²) in [6, 6.07) is 11.1. The molecule has 19 heavy (non-hydrogen) atoms. The van der Waals surface area contributed by atoms with Gasteiger partial charge in [0.25, 0.3) is 0 Å². The van der Waals surface area contributed by atoms with Gasteiger partial charge >= 0.3 is 0 Å². The Bertz CT molecular complexity index is 381. The van der Waals surface area contributed by atoms with E-state index in [1.165, 1.54) is 5.56 Å². The van der Waals surface area contributed by atoms with Crippen LogP contribution < -0.4 is 0 Å². The van der Waals surface area contributed by atoms with E-state index in [4.69, 9.17) is 4.74 Å². The van der Waals surface area contributed by atoms with Crippen LogP contribution in [0.3, 0.4) is 0 Å². The minimum absolute atomic E-state index is 0.144. The van der Waals surface area contributed by atoms with Crippen molar-refractivity contribution in [1.29, 1.82) is 0 Å². The molecule has 0 aliphatic carbocycles. The van der Waals surface area contributed by atoms with Gasteiger partial charge in [0.1, 0.15) is 6.61 Å². The van der Waals surface area contributed by atoms with Crippen molar-refractivity contribution in [2.45, 2.75) is 51.6 Å². The van der Waals surface area contributed by atoms with E-state index in [0.29, 0.717) is 0 Å². The fourth-order valence-electron chi connectivity index (χ4n) is 1.98. The van der Waals surface area contributed by atoms with Crippen LogP contribution in [0.4, 0.5) is 0 Å². The molecular weight excluding hydrogens is 252 g/mol. The average molecular weight is 278 g/mol. The van der Waals surface area contributed by atoms with Crippen LogP contribution in [-0.2, 0) is 16.0 Å². The maximum Gasteiger partial charge on any atom is 0.155 e. The normalized spacial score (nSPS) is 13.3. The van der Waals surface area contributed by atoms with Crippen molar-refractivity contribution in [1.82, 2.24) is 0 Å². The third-order valence-corrected chi connectivity index (χ3v) is 4.39. The number of Topliss-reactive ketones (excluding diaryl/α,β-unsaturated/α-hetero) is 1. The first kappa shape index (κ1) is 16.1. The molecule has 0 saturated heterocycles. The van der Waals surface area contributed by atoms with E-state index < -0.39 is 8.07 Å². The van der Waals surface area contributed by atoms with Crippen molar-refractivity contribution in [3.8, 4) is 0 Å². The fraction of sp³-hybridized carbons (Fsp3) is 0.562. The Labute approximate surface area is 118 Å². The lowest BCUT2D eigenvalue weighted by Crippen LogP contribution is -2.27. The quantitative estimate of drug-likeness (QED) is 0.673. The molecule has 0 amide bonds. The molecule has 0 aliphatic heterocycles. The number of benzene rings is 1. The number of ketones is 1. The standard InChI is InChI=1S/C16H26O2Si/c1-14(10-11-15-8-6-5-7-9-15)18-12-16(17)13-19(2,3)4/h5-9,14H,10-13H2,1-4H3. The Kier molecular flexibility index (Phi) is 6.45. The predicted octanol–water partition coefficient (Wildman–Crippen LogP) is 3.93. The summed E-state index contributed by atoms with van der Waals surface area (Å²) in [4.78, 5) is 11.7. The van der Waals surface area contributed by atoms with Gasteiger partial charge in [0.05, 0.1) is 14.2 Å². The molecule has 1 aromatic rings. The number of carbonyl (C=O) groups is 1. The van der Waals surface area contributed by atoms with Crippen LogP contribution in [0.5, 0.6) is 0 Å². The van der Waals surface area contributed by atoms with Gasteiger partial charge in [-0.05, 0) is 25.3 Å². The maximum absolute atomic E-state index is 11.7. The molecule has 0 spiro atoms. The van der Waals surface area contributed by atoms with Crippen molar-refractivity contribution in [3.63, 3.8) is 0 Å². The lowest BCUT2D eigenvalue weighted by molar-refractivity contribution is -0.123. The second kappa shape index (κ2) is 7.61. The molecule has 0 saturated carbocycles. The second-order valence-corrected chi connectivity index (χ2v) is 11.9. The Hall–Kier alpha value is -0.933. The van der Waals surface area contributed by atoms with Gasteiger partial charge in [0.2, 0.25) is 0 Å². The summed E-state index contributed by atoms with van der Waals surface area (Å²) in [5, 5.41) is 0. The van der Waals surface area contributed by atoms with Gasteiger partial charge in [-0.1, -0.05) is 50.0 Å². The van der Waals surface area contributed by atoms with Gasteiger partial charge in [-0.3, -0.25) is 4.79 Å². The highest BCUT2D eigenvalue weighted by atomic mass is 28.3. The summed E-state index contributed by atoms with van der Waals surface area (Å²) in [6.45, 7) is 8.96. The minimum atomic E-state index is -1.29. The molecule has 0 aliphatic rings. The van der Waals surface area contributed by atoms with Crippen LogP contribution in [0.2, 0.25) is 25.7 Å². The molecule has 0 aromatic heterocycles. The number of hydrogen-bond acceptors (Lipinski definition) is 2. The van der Waals surface area contributed by atoms with Crippen molar-refractivity contribution in [2.75, 3.05) is 6.61 Å². The number of ether oxygens (including phenoxy) is 1. The summed E-state index contributed by atoms with van der Waals surface area (Å²) < 4.78 is 5.64. The first-order chi connectivity index (χ1) is 8.87. The molecule has 1 atom stereocenters. The first-order valence-corrected chi connectivity index (χ1v) is 10.7. The molecule has 1 aromatic carbocycles. The lowest BCUT2D eigenvalue weighted by Gasteiger charge is -2.16. The van der Waals surface area contributed by atoms with Crippen LogP contribution in [-0.4, -0.2) is 26.6 Å². The fourth-order valence-corrected chi connectivity index (χ4v) is 3.26. The number of carbonyl (C=O) groups excluding carboxylic acids is 1. The highest BCUT2D eigenvalue weighted by molar-refractivity contribution is 6.78. The summed E-state index contributed by atoms with van der Waals surface area (Å²) in [7, 11) is -1.29. The summed E-state index contributed by atoms with van der Waals surface area (Å²) in [6.07, 6.45) is 2.11. The SMILES string of the molecule is CC(CCc1ccccc1)OCC(=O)C[Si](C)(C)C. The summed E-state index contributed by atoms with van der Waals surface area (Å²) >= 11 is 0. The molecule has 1 rings (SSSR count). The topological polar surface area (TPSA) is 26.3 Å². The molecule has 0 bridgehead atoms. The largest absolute Gasteiger partial charge is 0.371 e. The van der Waals surface area contributed by atoms with Crippen LogP contribution in [0.1, 0.15) is 18.9 Å². The molecule has 0 radical (unpaired) electrons. The zero-order chi connectivity index (χ0) is 14.3. The van der Waals surface area contributed by atoms with Gasteiger partial charge in [-0.25, -0.2) is 0 Å². The molecule has 1 unspecified atom stereocenters. The third kappa shape index (κ3) is 7.96. The van der Waals surface area contributed by atoms with Crippen molar-refractivity contribution in [3.05, 3.63) is 35.9 Å². The van der Waals surface area contributed by atoms with Crippen LogP contribution in [0, 0.1) is 0 Å². The van der Waals surface area contributed by atoms with E-state index in [9.17, 15) is 4.79 Å². The lowest BCUT2D eigenvalue weighted by atomic mass is 10.1. The number of aryl methyl sites for hydroxylation is 1. The molecule has 2 nitrogen and oxygen atoms in total. The monoisotopic (exact) mass is 278 g/mol. The highest BCUT2D eigenvalue weighted by Gasteiger charge is 2.18. The summed E-state index contributed by atoms with van der Waals surface area (Å²) in [5.41, 5.74) is 1.33.